The van der Waals surface area contributed by atoms with Crippen molar-refractivity contribution in [2.45, 2.75) is 37.4 Å². The first-order valence-electron chi connectivity index (χ1n) is 9.73. The molecule has 0 spiro atoms. The molecule has 158 valence electrons. The molecule has 31 heavy (non-hydrogen) atoms. The summed E-state index contributed by atoms with van der Waals surface area (Å²) in [5.74, 6) is 5.76. The normalized spacial score (nSPS) is 25.6. The average molecular weight is 419 g/mol. The molecule has 1 saturated heterocycles. The molecule has 0 aliphatic carbocycles. The number of aliphatic hydroxyl groups excluding tert-OH is 4. The Balaban J connectivity index is 1.76. The van der Waals surface area contributed by atoms with Crippen LogP contribution in [0.25, 0.3) is 22.0 Å². The molecule has 0 saturated carbocycles. The summed E-state index contributed by atoms with van der Waals surface area (Å²) in [6.45, 7) is 1.44. The smallest absolute Gasteiger partial charge is 0.147 e. The lowest BCUT2D eigenvalue weighted by atomic mass is 9.94. The van der Waals surface area contributed by atoms with Gasteiger partial charge in [-0.25, -0.2) is 0 Å². The van der Waals surface area contributed by atoms with Crippen LogP contribution in [-0.2, 0) is 4.74 Å². The number of H-pyrrole nitrogens is 1. The van der Waals surface area contributed by atoms with Crippen LogP contribution in [0.3, 0.4) is 0 Å². The molecule has 0 radical (unpaired) electrons. The van der Waals surface area contributed by atoms with E-state index >= 15 is 0 Å². The minimum Gasteiger partial charge on any atom is -0.394 e. The molecule has 5 atom stereocenters. The maximum Gasteiger partial charge on any atom is 0.147 e. The van der Waals surface area contributed by atoms with E-state index in [-0.39, 0.29) is 0 Å². The fourth-order valence-corrected chi connectivity index (χ4v) is 3.68. The highest BCUT2D eigenvalue weighted by atomic mass is 16.5. The number of hydrogen-bond acceptors (Lipinski definition) is 7. The van der Waals surface area contributed by atoms with Gasteiger partial charge in [-0.1, -0.05) is 17.9 Å². The van der Waals surface area contributed by atoms with Crippen molar-refractivity contribution in [1.82, 2.24) is 10.2 Å². The monoisotopic (exact) mass is 419 g/mol. The Kier molecular flexibility index (Phi) is 5.75. The van der Waals surface area contributed by atoms with Crippen molar-refractivity contribution in [3.63, 3.8) is 0 Å². The molecular weight excluding hydrogens is 398 g/mol. The topological polar surface area (TPSA) is 143 Å². The highest BCUT2D eigenvalue weighted by Gasteiger charge is 2.42. The fourth-order valence-electron chi connectivity index (χ4n) is 3.68. The van der Waals surface area contributed by atoms with Crippen LogP contribution in [0.4, 0.5) is 0 Å². The van der Waals surface area contributed by atoms with E-state index in [0.29, 0.717) is 16.6 Å². The van der Waals surface area contributed by atoms with Crippen molar-refractivity contribution in [1.29, 1.82) is 5.26 Å². The Labute approximate surface area is 178 Å². The molecule has 1 aliphatic heterocycles. The van der Waals surface area contributed by atoms with Crippen LogP contribution in [0.5, 0.6) is 0 Å². The van der Waals surface area contributed by atoms with Crippen molar-refractivity contribution < 1.29 is 25.2 Å². The summed E-state index contributed by atoms with van der Waals surface area (Å²) in [5.41, 5.74) is 4.55. The first-order valence-corrected chi connectivity index (χ1v) is 9.73. The summed E-state index contributed by atoms with van der Waals surface area (Å²) in [6, 6.07) is 11.4. The maximum absolute atomic E-state index is 10.2. The van der Waals surface area contributed by atoms with E-state index < -0.39 is 37.1 Å². The van der Waals surface area contributed by atoms with Crippen LogP contribution >= 0.6 is 0 Å². The van der Waals surface area contributed by atoms with E-state index in [9.17, 15) is 25.7 Å². The second-order valence-electron chi connectivity index (χ2n) is 7.52. The number of aromatic nitrogens is 2. The lowest BCUT2D eigenvalue weighted by Gasteiger charge is -2.37. The summed E-state index contributed by atoms with van der Waals surface area (Å²) in [6.07, 6.45) is -4.80. The zero-order chi connectivity index (χ0) is 22.1. The van der Waals surface area contributed by atoms with Crippen LogP contribution < -0.4 is 0 Å². The number of rotatable bonds is 2. The predicted molar refractivity (Wildman–Crippen MR) is 112 cm³/mol. The molecule has 1 aliphatic rings. The lowest BCUT2D eigenvalue weighted by Crippen LogP contribution is -2.58. The Morgan fingerprint density at radius 3 is 2.68 bits per heavy atom. The van der Waals surface area contributed by atoms with Gasteiger partial charge < -0.3 is 25.2 Å². The van der Waals surface area contributed by atoms with Gasteiger partial charge in [0.25, 0.3) is 0 Å². The van der Waals surface area contributed by atoms with Crippen LogP contribution in [0.1, 0.15) is 16.7 Å². The second-order valence-corrected chi connectivity index (χ2v) is 7.52. The molecule has 1 aromatic heterocycles. The van der Waals surface area contributed by atoms with E-state index in [4.69, 9.17) is 4.74 Å². The number of aromatic amines is 1. The van der Waals surface area contributed by atoms with Gasteiger partial charge in [0.05, 0.1) is 35.5 Å². The molecule has 8 nitrogen and oxygen atoms in total. The third-order valence-corrected chi connectivity index (χ3v) is 5.47. The first kappa shape index (κ1) is 21.0. The fraction of sp³-hybridized carbons (Fsp3) is 0.304. The van der Waals surface area contributed by atoms with Gasteiger partial charge in [0, 0.05) is 5.39 Å². The highest BCUT2D eigenvalue weighted by molar-refractivity contribution is 5.90. The SMILES string of the molecule is Cc1ccc(C#N)cc1-c1cc(C#CC2OC(CO)[C@@H](O)C(O)C2O)c2[nH]ncc2c1. The maximum atomic E-state index is 10.2. The minimum absolute atomic E-state index is 0.516. The van der Waals surface area contributed by atoms with Crippen molar-refractivity contribution >= 4 is 10.9 Å². The van der Waals surface area contributed by atoms with Crippen molar-refractivity contribution in [2.75, 3.05) is 6.61 Å². The number of fused-ring (bicyclic) bond motifs is 1. The van der Waals surface area contributed by atoms with E-state index in [1.807, 2.05) is 31.2 Å². The Morgan fingerprint density at radius 1 is 1.13 bits per heavy atom. The number of hydrogen-bond donors (Lipinski definition) is 5. The molecule has 4 unspecified atom stereocenters. The summed E-state index contributed by atoms with van der Waals surface area (Å²) < 4.78 is 5.46. The standard InChI is InChI=1S/C23H21N3O5/c1-12-2-3-13(9-24)6-17(12)15-7-14(20-16(8-15)10-25-26-20)4-5-18-21(28)23(30)22(29)19(11-27)31-18/h2-3,6-8,10,18-19,21-23,27-30H,11H2,1H3,(H,25,26)/t18?,19?,21?,22-,23?/m1/s1. The second kappa shape index (κ2) is 8.48. The lowest BCUT2D eigenvalue weighted by molar-refractivity contribution is -0.214. The quantitative estimate of drug-likeness (QED) is 0.383. The van der Waals surface area contributed by atoms with Crippen molar-refractivity contribution in [3.05, 3.63) is 53.2 Å². The third-order valence-electron chi connectivity index (χ3n) is 5.47. The predicted octanol–water partition coefficient (Wildman–Crippen LogP) is 0.604. The average Bonchev–Trinajstić information content (AvgIpc) is 3.26. The van der Waals surface area contributed by atoms with Crippen LogP contribution in [0.2, 0.25) is 0 Å². The molecule has 3 aromatic rings. The van der Waals surface area contributed by atoms with Crippen LogP contribution in [0, 0.1) is 30.1 Å². The van der Waals surface area contributed by atoms with E-state index in [1.54, 1.807) is 12.3 Å². The van der Waals surface area contributed by atoms with Crippen LogP contribution in [-0.4, -0.2) is 67.8 Å². The largest absolute Gasteiger partial charge is 0.394 e. The molecule has 0 amide bonds. The Bertz CT molecular complexity index is 1220. The summed E-state index contributed by atoms with van der Waals surface area (Å²) >= 11 is 0. The molecular formula is C23H21N3O5. The van der Waals surface area contributed by atoms with Crippen molar-refractivity contribution in [3.8, 4) is 29.0 Å². The van der Waals surface area contributed by atoms with Gasteiger partial charge in [0.1, 0.15) is 30.5 Å². The number of aryl methyl sites for hydroxylation is 1. The molecule has 5 N–H and O–H groups in total. The number of nitrogens with zero attached hydrogens (tertiary/aromatic N) is 2. The highest BCUT2D eigenvalue weighted by Crippen LogP contribution is 2.30. The Morgan fingerprint density at radius 2 is 1.94 bits per heavy atom. The van der Waals surface area contributed by atoms with E-state index in [0.717, 1.165) is 22.1 Å². The number of benzene rings is 2. The van der Waals surface area contributed by atoms with Gasteiger partial charge in [-0.05, 0) is 47.9 Å². The molecule has 1 fully saturated rings. The van der Waals surface area contributed by atoms with Gasteiger partial charge in [-0.2, -0.15) is 10.4 Å². The van der Waals surface area contributed by atoms with Gasteiger partial charge in [-0.15, -0.1) is 0 Å². The zero-order valence-electron chi connectivity index (χ0n) is 16.6. The first-order chi connectivity index (χ1) is 14.9. The van der Waals surface area contributed by atoms with E-state index in [1.165, 1.54) is 0 Å². The summed E-state index contributed by atoms with van der Waals surface area (Å²) in [5, 5.41) is 56.5. The number of nitrogens with one attached hydrogen (secondary N) is 1. The molecule has 2 aromatic carbocycles. The number of aliphatic hydroxyl groups is 4. The molecule has 2 heterocycles. The molecule has 8 heteroatoms. The van der Waals surface area contributed by atoms with Gasteiger partial charge in [0.2, 0.25) is 0 Å². The Hall–Kier alpha value is -3.24. The summed E-state index contributed by atoms with van der Waals surface area (Å²) in [4.78, 5) is 0. The van der Waals surface area contributed by atoms with E-state index in [2.05, 4.69) is 28.1 Å². The number of nitriles is 1. The molecule has 0 bridgehead atoms. The van der Waals surface area contributed by atoms with Crippen LogP contribution in [0.15, 0.2) is 36.5 Å². The van der Waals surface area contributed by atoms with Gasteiger partial charge >= 0.3 is 0 Å². The minimum atomic E-state index is -1.49. The van der Waals surface area contributed by atoms with Crippen molar-refractivity contribution in [2.24, 2.45) is 0 Å². The molecule has 4 rings (SSSR count). The van der Waals surface area contributed by atoms with Gasteiger partial charge in [0.15, 0.2) is 0 Å². The third kappa shape index (κ3) is 3.91. The number of ether oxygens (including phenoxy) is 1. The summed E-state index contributed by atoms with van der Waals surface area (Å²) in [7, 11) is 0. The van der Waals surface area contributed by atoms with Gasteiger partial charge in [-0.3, -0.25) is 5.10 Å². The zero-order valence-corrected chi connectivity index (χ0v) is 16.6.